The van der Waals surface area contributed by atoms with Crippen LogP contribution in [0.15, 0.2) is 12.0 Å². The van der Waals surface area contributed by atoms with Gasteiger partial charge >= 0.3 is 7.23 Å². The number of hydrogen-bond acceptors (Lipinski definition) is 4. The lowest BCUT2D eigenvalue weighted by Crippen LogP contribution is -1.89. The molecule has 0 aliphatic heterocycles. The Kier molecular flexibility index (Phi) is 3.86. The van der Waals surface area contributed by atoms with Gasteiger partial charge in [-0.3, -0.25) is 4.57 Å². The van der Waals surface area contributed by atoms with Gasteiger partial charge in [0.25, 0.3) is 0 Å². The molecule has 0 aromatic carbocycles. The minimum Gasteiger partial charge on any atom is -0.320 e. The van der Waals surface area contributed by atoms with Crippen molar-refractivity contribution in [1.29, 1.82) is 0 Å². The second-order valence-electron chi connectivity index (χ2n) is 1.39. The van der Waals surface area contributed by atoms with Crippen molar-refractivity contribution in [3.63, 3.8) is 0 Å². The summed E-state index contributed by atoms with van der Waals surface area (Å²) in [5.74, 6) is 0. The van der Waals surface area contributed by atoms with E-state index in [0.717, 1.165) is 0 Å². The molecule has 0 aliphatic rings. The van der Waals surface area contributed by atoms with Crippen LogP contribution in [0.25, 0.3) is 0 Å². The highest BCUT2D eigenvalue weighted by Crippen LogP contribution is 2.31. The summed E-state index contributed by atoms with van der Waals surface area (Å²) in [7, 11) is -6.64. The molecular weight excluding hydrogens is 175 g/mol. The summed E-state index contributed by atoms with van der Waals surface area (Å²) in [4.78, 5) is 0. The van der Waals surface area contributed by atoms with Gasteiger partial charge in [0, 0.05) is 5.41 Å². The SMILES string of the molecule is C=CS(=O)(=O)[PH](=O)OCC. The third kappa shape index (κ3) is 2.64. The topological polar surface area (TPSA) is 60.4 Å². The van der Waals surface area contributed by atoms with E-state index >= 15 is 0 Å². The van der Waals surface area contributed by atoms with Gasteiger partial charge in [-0.15, -0.1) is 0 Å². The predicted octanol–water partition coefficient (Wildman–Crippen LogP) is 0.971. The molecule has 0 rings (SSSR count). The maximum atomic E-state index is 10.6. The van der Waals surface area contributed by atoms with Crippen LogP contribution in [0.3, 0.4) is 0 Å². The summed E-state index contributed by atoms with van der Waals surface area (Å²) in [6, 6.07) is 0. The van der Waals surface area contributed by atoms with Gasteiger partial charge < -0.3 is 4.52 Å². The van der Waals surface area contributed by atoms with Gasteiger partial charge in [0.05, 0.1) is 6.61 Å². The molecular formula is C4H9O4PS. The second kappa shape index (κ2) is 3.91. The van der Waals surface area contributed by atoms with Crippen LogP contribution in [0.4, 0.5) is 0 Å². The average Bonchev–Trinajstić information content (AvgIpc) is 1.89. The van der Waals surface area contributed by atoms with Crippen LogP contribution >= 0.6 is 7.23 Å². The fourth-order valence-corrected chi connectivity index (χ4v) is 2.06. The van der Waals surface area contributed by atoms with Crippen molar-refractivity contribution in [2.45, 2.75) is 6.92 Å². The Morgan fingerprint density at radius 2 is 2.20 bits per heavy atom. The van der Waals surface area contributed by atoms with Gasteiger partial charge in [-0.05, 0) is 6.92 Å². The molecule has 60 valence electrons. The fourth-order valence-electron chi connectivity index (χ4n) is 0.268. The van der Waals surface area contributed by atoms with Crippen LogP contribution in [0.1, 0.15) is 6.92 Å². The van der Waals surface area contributed by atoms with E-state index in [4.69, 9.17) is 0 Å². The average molecular weight is 184 g/mol. The monoisotopic (exact) mass is 184 g/mol. The molecule has 0 radical (unpaired) electrons. The van der Waals surface area contributed by atoms with Gasteiger partial charge in [0.1, 0.15) is 0 Å². The summed E-state index contributed by atoms with van der Waals surface area (Å²) in [5, 5.41) is 0.643. The molecule has 0 saturated carbocycles. The maximum Gasteiger partial charge on any atom is 0.307 e. The molecule has 1 atom stereocenters. The van der Waals surface area contributed by atoms with Crippen LogP contribution in [0.5, 0.6) is 0 Å². The van der Waals surface area contributed by atoms with Crippen molar-refractivity contribution < 1.29 is 17.5 Å². The first-order valence-electron chi connectivity index (χ1n) is 2.59. The molecule has 0 spiro atoms. The van der Waals surface area contributed by atoms with E-state index in [2.05, 4.69) is 11.1 Å². The first-order chi connectivity index (χ1) is 4.54. The van der Waals surface area contributed by atoms with E-state index in [9.17, 15) is 13.0 Å². The van der Waals surface area contributed by atoms with Crippen molar-refractivity contribution in [2.75, 3.05) is 6.61 Å². The Labute approximate surface area is 60.4 Å². The van der Waals surface area contributed by atoms with Crippen LogP contribution in [0, 0.1) is 0 Å². The quantitative estimate of drug-likeness (QED) is 0.611. The molecule has 0 aromatic heterocycles. The molecule has 0 aliphatic carbocycles. The Morgan fingerprint density at radius 3 is 2.50 bits per heavy atom. The van der Waals surface area contributed by atoms with Crippen molar-refractivity contribution in [1.82, 2.24) is 0 Å². The molecule has 0 saturated heterocycles. The molecule has 0 fully saturated rings. The third-order valence-electron chi connectivity index (χ3n) is 0.714. The van der Waals surface area contributed by atoms with E-state index in [1.807, 2.05) is 0 Å². The van der Waals surface area contributed by atoms with Gasteiger partial charge in [-0.25, -0.2) is 8.42 Å². The molecule has 4 nitrogen and oxygen atoms in total. The highest BCUT2D eigenvalue weighted by atomic mass is 32.8. The molecule has 1 unspecified atom stereocenters. The number of hydrogen-bond donors (Lipinski definition) is 0. The summed E-state index contributed by atoms with van der Waals surface area (Å²) in [5.41, 5.74) is 0. The largest absolute Gasteiger partial charge is 0.320 e. The first kappa shape index (κ1) is 9.88. The Balaban J connectivity index is 4.36. The molecule has 10 heavy (non-hydrogen) atoms. The number of rotatable bonds is 4. The van der Waals surface area contributed by atoms with E-state index < -0.39 is 16.7 Å². The van der Waals surface area contributed by atoms with Gasteiger partial charge in [0.2, 0.25) is 9.46 Å². The third-order valence-corrected chi connectivity index (χ3v) is 4.39. The zero-order valence-corrected chi connectivity index (χ0v) is 7.35. The minimum absolute atomic E-state index is 0.130. The van der Waals surface area contributed by atoms with Gasteiger partial charge in [-0.2, -0.15) is 0 Å². The Bertz CT molecular complexity index is 230. The van der Waals surface area contributed by atoms with Crippen LogP contribution in [0.2, 0.25) is 0 Å². The van der Waals surface area contributed by atoms with Crippen LogP contribution in [-0.2, 0) is 18.5 Å². The van der Waals surface area contributed by atoms with E-state index in [1.165, 1.54) is 0 Å². The standard InChI is InChI=1S/C4H9O4PS/c1-3-8-9(5)10(6,7)4-2/h4,9H,2-3H2,1H3. The lowest BCUT2D eigenvalue weighted by molar-refractivity contribution is 0.359. The molecule has 0 N–H and O–H groups in total. The van der Waals surface area contributed by atoms with Crippen molar-refractivity contribution >= 4 is 16.7 Å². The summed E-state index contributed by atoms with van der Waals surface area (Å²) in [6.45, 7) is 4.69. The lowest BCUT2D eigenvalue weighted by Gasteiger charge is -1.96. The zero-order chi connectivity index (χ0) is 8.20. The maximum absolute atomic E-state index is 10.6. The molecule has 6 heteroatoms. The smallest absolute Gasteiger partial charge is 0.307 e. The van der Waals surface area contributed by atoms with Crippen LogP contribution < -0.4 is 0 Å². The Hall–Kier alpha value is -0.120. The molecule has 0 heterocycles. The predicted molar refractivity (Wildman–Crippen MR) is 39.7 cm³/mol. The molecule has 0 amide bonds. The van der Waals surface area contributed by atoms with Crippen molar-refractivity contribution in [3.8, 4) is 0 Å². The molecule has 0 bridgehead atoms. The second-order valence-corrected chi connectivity index (χ2v) is 6.31. The normalized spacial score (nSPS) is 14.5. The molecule has 0 aromatic rings. The van der Waals surface area contributed by atoms with E-state index in [-0.39, 0.29) is 6.61 Å². The van der Waals surface area contributed by atoms with E-state index in [0.29, 0.717) is 5.41 Å². The first-order valence-corrected chi connectivity index (χ1v) is 6.17. The fraction of sp³-hybridized carbons (Fsp3) is 0.500. The summed E-state index contributed by atoms with van der Waals surface area (Å²) >= 11 is 0. The highest BCUT2D eigenvalue weighted by Gasteiger charge is 2.14. The van der Waals surface area contributed by atoms with Gasteiger partial charge in [-0.1, -0.05) is 6.58 Å². The Morgan fingerprint density at radius 1 is 1.70 bits per heavy atom. The summed E-state index contributed by atoms with van der Waals surface area (Å²) < 4.78 is 36.1. The van der Waals surface area contributed by atoms with Crippen molar-refractivity contribution in [2.24, 2.45) is 0 Å². The zero-order valence-electron chi connectivity index (χ0n) is 5.53. The highest BCUT2D eigenvalue weighted by molar-refractivity contribution is 8.45. The van der Waals surface area contributed by atoms with Crippen molar-refractivity contribution in [3.05, 3.63) is 12.0 Å². The van der Waals surface area contributed by atoms with Gasteiger partial charge in [0.15, 0.2) is 0 Å². The minimum atomic E-state index is -3.67. The van der Waals surface area contributed by atoms with E-state index in [1.54, 1.807) is 6.92 Å². The van der Waals surface area contributed by atoms with Crippen LogP contribution in [-0.4, -0.2) is 15.0 Å². The summed E-state index contributed by atoms with van der Waals surface area (Å²) in [6.07, 6.45) is 0. The lowest BCUT2D eigenvalue weighted by atomic mass is 10.9.